The average Bonchev–Trinajstić information content (AvgIpc) is 3.52. The summed E-state index contributed by atoms with van der Waals surface area (Å²) in [5, 5.41) is 8.45. The molecule has 0 saturated heterocycles. The Morgan fingerprint density at radius 3 is 3.09 bits per heavy atom. The summed E-state index contributed by atoms with van der Waals surface area (Å²) < 4.78 is 9.49. The Kier molecular flexibility index (Phi) is 5.88. The maximum atomic E-state index is 12.3. The smallest absolute Gasteiger partial charge is 0.223 e. The summed E-state index contributed by atoms with van der Waals surface area (Å²) >= 11 is 3.54. The van der Waals surface area contributed by atoms with Crippen LogP contribution in [0.5, 0.6) is 0 Å². The summed E-state index contributed by atoms with van der Waals surface area (Å²) in [7, 11) is 1.63. The number of fused-ring (bicyclic) bond motifs is 2. The first kappa shape index (κ1) is 21.0. The van der Waals surface area contributed by atoms with Crippen molar-refractivity contribution >= 4 is 38.5 Å². The van der Waals surface area contributed by atoms with Crippen LogP contribution >= 0.6 is 15.9 Å². The standard InChI is InChI=1S/C22H24BrN7O2/c1-32-9-7-25-22(31)15-3-2-14(10-15)11-18-26-12-17-20(23)28-30(21(17)27-18)16-4-5-19-24-6-8-29(19)13-16/h4-6,8,12-15H,2-3,7,9-11H2,1H3,(H,25,31)/t14-,15-/m1/s1. The van der Waals surface area contributed by atoms with E-state index in [2.05, 4.69) is 36.3 Å². The van der Waals surface area contributed by atoms with Crippen molar-refractivity contribution in [1.82, 2.24) is 34.4 Å². The first-order chi connectivity index (χ1) is 15.6. The third-order valence-corrected chi connectivity index (χ3v) is 6.62. The number of carbonyl (C=O) groups is 1. The lowest BCUT2D eigenvalue weighted by Crippen LogP contribution is -2.32. The fourth-order valence-electron chi connectivity index (χ4n) is 4.39. The minimum absolute atomic E-state index is 0.0576. The molecule has 1 N–H and O–H groups in total. The van der Waals surface area contributed by atoms with Crippen LogP contribution < -0.4 is 5.32 Å². The van der Waals surface area contributed by atoms with Crippen LogP contribution in [0.15, 0.2) is 41.5 Å². The summed E-state index contributed by atoms with van der Waals surface area (Å²) in [6.07, 6.45) is 11.0. The molecular formula is C22H24BrN7O2. The monoisotopic (exact) mass is 497 g/mol. The molecule has 1 saturated carbocycles. The number of amides is 1. The van der Waals surface area contributed by atoms with Crippen molar-refractivity contribution in [2.45, 2.75) is 25.7 Å². The molecule has 2 atom stereocenters. The zero-order valence-corrected chi connectivity index (χ0v) is 19.3. The number of halogens is 1. The topological polar surface area (TPSA) is 99.2 Å². The number of imidazole rings is 1. The lowest BCUT2D eigenvalue weighted by Gasteiger charge is -2.11. The molecule has 4 aromatic heterocycles. The molecule has 5 rings (SSSR count). The molecule has 1 aliphatic carbocycles. The van der Waals surface area contributed by atoms with Crippen LogP contribution in [0.25, 0.3) is 22.4 Å². The van der Waals surface area contributed by atoms with Gasteiger partial charge in [-0.1, -0.05) is 0 Å². The molecule has 32 heavy (non-hydrogen) atoms. The van der Waals surface area contributed by atoms with E-state index in [0.29, 0.717) is 23.7 Å². The number of hydrogen-bond donors (Lipinski definition) is 1. The van der Waals surface area contributed by atoms with E-state index < -0.39 is 0 Å². The molecular weight excluding hydrogens is 474 g/mol. The van der Waals surface area contributed by atoms with Crippen LogP contribution in [0, 0.1) is 11.8 Å². The van der Waals surface area contributed by atoms with Crippen molar-refractivity contribution in [2.75, 3.05) is 20.3 Å². The molecule has 4 heterocycles. The number of hydrogen-bond acceptors (Lipinski definition) is 6. The number of ether oxygens (including phenoxy) is 1. The fourth-order valence-corrected chi connectivity index (χ4v) is 4.83. The second-order valence-electron chi connectivity index (χ2n) is 8.17. The number of aromatic nitrogens is 6. The van der Waals surface area contributed by atoms with E-state index in [4.69, 9.17) is 9.72 Å². The number of nitrogens with zero attached hydrogens (tertiary/aromatic N) is 6. The number of methoxy groups -OCH3 is 1. The fraction of sp³-hybridized carbons (Fsp3) is 0.409. The van der Waals surface area contributed by atoms with Crippen LogP contribution in [0.1, 0.15) is 25.1 Å². The van der Waals surface area contributed by atoms with Crippen LogP contribution in [-0.4, -0.2) is 55.3 Å². The maximum Gasteiger partial charge on any atom is 0.223 e. The lowest BCUT2D eigenvalue weighted by molar-refractivity contribution is -0.125. The Morgan fingerprint density at radius 1 is 1.31 bits per heavy atom. The van der Waals surface area contributed by atoms with E-state index in [0.717, 1.165) is 53.9 Å². The third kappa shape index (κ3) is 4.12. The minimum Gasteiger partial charge on any atom is -0.383 e. The summed E-state index contributed by atoms with van der Waals surface area (Å²) in [5.41, 5.74) is 2.53. The zero-order valence-electron chi connectivity index (χ0n) is 17.7. The minimum atomic E-state index is 0.0576. The summed E-state index contributed by atoms with van der Waals surface area (Å²) in [4.78, 5) is 26.1. The highest BCUT2D eigenvalue weighted by atomic mass is 79.9. The molecule has 0 radical (unpaired) electrons. The summed E-state index contributed by atoms with van der Waals surface area (Å²) in [5.74, 6) is 1.35. The molecule has 10 heteroatoms. The Balaban J connectivity index is 1.35. The van der Waals surface area contributed by atoms with E-state index in [-0.39, 0.29) is 11.8 Å². The van der Waals surface area contributed by atoms with Gasteiger partial charge in [0.1, 0.15) is 16.1 Å². The SMILES string of the molecule is COCCNC(=O)[C@@H]1CC[C@@H](Cc2ncc3c(Br)nn(-c4ccc5nccn5c4)c3n2)C1. The quantitative estimate of drug-likeness (QED) is 0.394. The Bertz CT molecular complexity index is 1270. The van der Waals surface area contributed by atoms with Gasteiger partial charge >= 0.3 is 0 Å². The molecule has 1 amide bonds. The predicted molar refractivity (Wildman–Crippen MR) is 123 cm³/mol. The molecule has 0 bridgehead atoms. The molecule has 1 aliphatic rings. The van der Waals surface area contributed by atoms with E-state index in [9.17, 15) is 4.79 Å². The van der Waals surface area contributed by atoms with Crippen molar-refractivity contribution in [2.24, 2.45) is 11.8 Å². The summed E-state index contributed by atoms with van der Waals surface area (Å²) in [6.45, 7) is 1.09. The molecule has 9 nitrogen and oxygen atoms in total. The second-order valence-corrected chi connectivity index (χ2v) is 8.92. The van der Waals surface area contributed by atoms with Gasteiger partial charge in [0.05, 0.1) is 17.7 Å². The molecule has 0 aliphatic heterocycles. The number of carbonyl (C=O) groups excluding carboxylic acids is 1. The Morgan fingerprint density at radius 2 is 2.22 bits per heavy atom. The van der Waals surface area contributed by atoms with Gasteiger partial charge in [0.15, 0.2) is 5.65 Å². The van der Waals surface area contributed by atoms with Crippen LogP contribution in [0.3, 0.4) is 0 Å². The van der Waals surface area contributed by atoms with Gasteiger partial charge in [0, 0.05) is 50.8 Å². The summed E-state index contributed by atoms with van der Waals surface area (Å²) in [6, 6.07) is 3.93. The number of rotatable bonds is 7. The van der Waals surface area contributed by atoms with Gasteiger partial charge in [-0.2, -0.15) is 5.10 Å². The van der Waals surface area contributed by atoms with E-state index >= 15 is 0 Å². The third-order valence-electron chi connectivity index (χ3n) is 6.04. The van der Waals surface area contributed by atoms with Crippen LogP contribution in [0.2, 0.25) is 0 Å². The Labute approximate surface area is 193 Å². The molecule has 4 aromatic rings. The molecule has 0 unspecified atom stereocenters. The maximum absolute atomic E-state index is 12.3. The molecule has 1 fully saturated rings. The van der Waals surface area contributed by atoms with Gasteiger partial charge in [0.25, 0.3) is 0 Å². The van der Waals surface area contributed by atoms with E-state index in [1.165, 1.54) is 0 Å². The van der Waals surface area contributed by atoms with Gasteiger partial charge in [-0.3, -0.25) is 4.79 Å². The van der Waals surface area contributed by atoms with Crippen molar-refractivity contribution in [3.8, 4) is 5.69 Å². The zero-order chi connectivity index (χ0) is 22.1. The second kappa shape index (κ2) is 8.95. The molecule has 166 valence electrons. The predicted octanol–water partition coefficient (Wildman–Crippen LogP) is 2.95. The number of pyridine rings is 1. The molecule has 0 aromatic carbocycles. The van der Waals surface area contributed by atoms with Crippen LogP contribution in [0.4, 0.5) is 0 Å². The largest absolute Gasteiger partial charge is 0.383 e. The van der Waals surface area contributed by atoms with Gasteiger partial charge in [-0.25, -0.2) is 19.6 Å². The van der Waals surface area contributed by atoms with Gasteiger partial charge in [-0.15, -0.1) is 0 Å². The van der Waals surface area contributed by atoms with Crippen molar-refractivity contribution in [3.05, 3.63) is 47.3 Å². The van der Waals surface area contributed by atoms with Gasteiger partial charge < -0.3 is 14.5 Å². The first-order valence-corrected chi connectivity index (χ1v) is 11.5. The number of nitrogens with one attached hydrogen (secondary N) is 1. The highest BCUT2D eigenvalue weighted by Crippen LogP contribution is 2.33. The average molecular weight is 498 g/mol. The van der Waals surface area contributed by atoms with E-state index in [1.54, 1.807) is 13.3 Å². The van der Waals surface area contributed by atoms with Crippen molar-refractivity contribution < 1.29 is 9.53 Å². The van der Waals surface area contributed by atoms with Gasteiger partial charge in [0.2, 0.25) is 5.91 Å². The Hall–Kier alpha value is -2.85. The van der Waals surface area contributed by atoms with Crippen LogP contribution in [-0.2, 0) is 16.0 Å². The highest BCUT2D eigenvalue weighted by molar-refractivity contribution is 9.10. The molecule has 0 spiro atoms. The lowest BCUT2D eigenvalue weighted by atomic mass is 10.0. The van der Waals surface area contributed by atoms with E-state index in [1.807, 2.05) is 39.8 Å². The van der Waals surface area contributed by atoms with Crippen molar-refractivity contribution in [3.63, 3.8) is 0 Å². The van der Waals surface area contributed by atoms with Crippen molar-refractivity contribution in [1.29, 1.82) is 0 Å². The highest BCUT2D eigenvalue weighted by Gasteiger charge is 2.30. The van der Waals surface area contributed by atoms with Gasteiger partial charge in [-0.05, 0) is 53.2 Å². The first-order valence-electron chi connectivity index (χ1n) is 10.7. The normalized spacial score (nSPS) is 18.6.